The average molecular weight is 428 g/mol. The summed E-state index contributed by atoms with van der Waals surface area (Å²) in [5.41, 5.74) is 8.98. The Morgan fingerprint density at radius 3 is 2.62 bits per heavy atom. The largest absolute Gasteiger partial charge is 0.497 e. The maximum Gasteiger partial charge on any atom is 0.276 e. The number of amides is 1. The minimum atomic E-state index is -0.316. The molecule has 0 aliphatic rings. The van der Waals surface area contributed by atoms with Crippen LogP contribution in [0.25, 0.3) is 22.6 Å². The summed E-state index contributed by atoms with van der Waals surface area (Å²) in [4.78, 5) is 24.8. The van der Waals surface area contributed by atoms with Crippen molar-refractivity contribution in [2.45, 2.75) is 0 Å². The minimum Gasteiger partial charge on any atom is -0.497 e. The average Bonchev–Trinajstić information content (AvgIpc) is 3.38. The number of H-pyrrole nitrogens is 1. The van der Waals surface area contributed by atoms with Gasteiger partial charge in [0, 0.05) is 28.4 Å². The van der Waals surface area contributed by atoms with E-state index in [1.807, 2.05) is 36.4 Å². The fraction of sp³-hybridized carbons (Fsp3) is 0.0500. The lowest BCUT2D eigenvalue weighted by molar-refractivity contribution is 0.102. The molecule has 0 spiro atoms. The summed E-state index contributed by atoms with van der Waals surface area (Å²) in [6.45, 7) is 0. The molecule has 4 rings (SSSR count). The Morgan fingerprint density at radius 1 is 1.17 bits per heavy atom. The quantitative estimate of drug-likeness (QED) is 0.407. The zero-order valence-corrected chi connectivity index (χ0v) is 17.0. The van der Waals surface area contributed by atoms with Gasteiger partial charge in [0.1, 0.15) is 23.0 Å². The molecule has 9 heteroatoms. The van der Waals surface area contributed by atoms with Gasteiger partial charge in [-0.15, -0.1) is 23.7 Å². The molecule has 0 bridgehead atoms. The highest BCUT2D eigenvalue weighted by Gasteiger charge is 2.20. The number of carbonyl (C=O) groups is 1. The second kappa shape index (κ2) is 8.76. The van der Waals surface area contributed by atoms with Gasteiger partial charge in [0.25, 0.3) is 5.91 Å². The molecule has 1 amide bonds. The Hall–Kier alpha value is -3.36. The van der Waals surface area contributed by atoms with Crippen molar-refractivity contribution in [3.63, 3.8) is 0 Å². The van der Waals surface area contributed by atoms with Crippen LogP contribution in [-0.4, -0.2) is 28.0 Å². The number of rotatable bonds is 5. The summed E-state index contributed by atoms with van der Waals surface area (Å²) >= 11 is 1.35. The first-order chi connectivity index (χ1) is 13.6. The fourth-order valence-corrected chi connectivity index (χ4v) is 3.29. The second-order valence-electron chi connectivity index (χ2n) is 5.95. The van der Waals surface area contributed by atoms with Gasteiger partial charge in [-0.3, -0.25) is 10.1 Å². The van der Waals surface area contributed by atoms with Gasteiger partial charge in [0.15, 0.2) is 5.13 Å². The molecule has 0 atom stereocenters. The molecule has 0 radical (unpaired) electrons. The van der Waals surface area contributed by atoms with Crippen LogP contribution in [0.3, 0.4) is 0 Å². The standard InChI is InChI=1S/C20H17N5O2S.ClH/c1-27-15-7-5-12(6-8-15)16-17(19(26)25-20-22-9-10-28-20)24-18(23-16)13-3-2-4-14(21)11-13;/h2-11H,21H2,1H3,(H,23,24)(H,22,25,26);1H. The number of nitrogens with zero attached hydrogens (tertiary/aromatic N) is 2. The summed E-state index contributed by atoms with van der Waals surface area (Å²) in [6, 6.07) is 14.7. The van der Waals surface area contributed by atoms with E-state index in [2.05, 4.69) is 20.3 Å². The highest BCUT2D eigenvalue weighted by atomic mass is 35.5. The van der Waals surface area contributed by atoms with E-state index in [1.165, 1.54) is 11.3 Å². The molecule has 0 saturated carbocycles. The van der Waals surface area contributed by atoms with Crippen molar-refractivity contribution < 1.29 is 9.53 Å². The van der Waals surface area contributed by atoms with E-state index < -0.39 is 0 Å². The number of methoxy groups -OCH3 is 1. The molecule has 0 aliphatic heterocycles. The van der Waals surface area contributed by atoms with Crippen LogP contribution in [0.15, 0.2) is 60.1 Å². The Balaban J connectivity index is 0.00000240. The van der Waals surface area contributed by atoms with E-state index in [0.29, 0.717) is 28.0 Å². The summed E-state index contributed by atoms with van der Waals surface area (Å²) in [7, 11) is 1.61. The molecule has 4 aromatic rings. The molecule has 2 aromatic carbocycles. The fourth-order valence-electron chi connectivity index (χ4n) is 2.76. The Morgan fingerprint density at radius 2 is 1.97 bits per heavy atom. The van der Waals surface area contributed by atoms with Gasteiger partial charge in [-0.1, -0.05) is 12.1 Å². The van der Waals surface area contributed by atoms with Gasteiger partial charge in [0.2, 0.25) is 0 Å². The number of hydrogen-bond donors (Lipinski definition) is 3. The third-order valence-corrected chi connectivity index (χ3v) is 4.80. The number of nitrogen functional groups attached to an aromatic ring is 1. The van der Waals surface area contributed by atoms with E-state index in [4.69, 9.17) is 10.5 Å². The lowest BCUT2D eigenvalue weighted by Crippen LogP contribution is -2.13. The topological polar surface area (TPSA) is 106 Å². The van der Waals surface area contributed by atoms with Crippen LogP contribution in [0, 0.1) is 0 Å². The number of imidazole rings is 1. The molecule has 0 fully saturated rings. The summed E-state index contributed by atoms with van der Waals surface area (Å²) in [5, 5.41) is 5.11. The summed E-state index contributed by atoms with van der Waals surface area (Å²) in [6.07, 6.45) is 1.63. The third kappa shape index (κ3) is 4.39. The van der Waals surface area contributed by atoms with Crippen molar-refractivity contribution in [2.24, 2.45) is 0 Å². The molecule has 148 valence electrons. The third-order valence-electron chi connectivity index (χ3n) is 4.11. The highest BCUT2D eigenvalue weighted by Crippen LogP contribution is 2.29. The second-order valence-corrected chi connectivity index (χ2v) is 6.85. The first-order valence-electron chi connectivity index (χ1n) is 8.45. The number of thiazole rings is 1. The van der Waals surface area contributed by atoms with Crippen molar-refractivity contribution in [3.05, 3.63) is 65.8 Å². The zero-order valence-electron chi connectivity index (χ0n) is 15.4. The normalized spacial score (nSPS) is 10.2. The maximum atomic E-state index is 12.9. The number of nitrogens with two attached hydrogens (primary N) is 1. The van der Waals surface area contributed by atoms with Crippen molar-refractivity contribution in [1.29, 1.82) is 0 Å². The zero-order chi connectivity index (χ0) is 19.5. The van der Waals surface area contributed by atoms with Crippen LogP contribution in [-0.2, 0) is 0 Å². The molecule has 29 heavy (non-hydrogen) atoms. The Kier molecular flexibility index (Phi) is 6.16. The monoisotopic (exact) mass is 427 g/mol. The van der Waals surface area contributed by atoms with E-state index in [9.17, 15) is 4.79 Å². The lowest BCUT2D eigenvalue weighted by Gasteiger charge is -2.04. The van der Waals surface area contributed by atoms with E-state index >= 15 is 0 Å². The van der Waals surface area contributed by atoms with E-state index in [-0.39, 0.29) is 18.3 Å². The summed E-state index contributed by atoms with van der Waals surface area (Å²) in [5.74, 6) is 0.968. The molecular weight excluding hydrogens is 410 g/mol. The number of carbonyl (C=O) groups excluding carboxylic acids is 1. The Bertz CT molecular complexity index is 1110. The smallest absolute Gasteiger partial charge is 0.276 e. The molecule has 2 aromatic heterocycles. The molecule has 0 unspecified atom stereocenters. The minimum absolute atomic E-state index is 0. The van der Waals surface area contributed by atoms with E-state index in [0.717, 1.165) is 16.9 Å². The van der Waals surface area contributed by atoms with Gasteiger partial charge in [-0.05, 0) is 36.4 Å². The first kappa shape index (κ1) is 20.4. The number of ether oxygens (including phenoxy) is 1. The van der Waals surface area contributed by atoms with Gasteiger partial charge in [0.05, 0.1) is 7.11 Å². The predicted molar refractivity (Wildman–Crippen MR) is 118 cm³/mol. The van der Waals surface area contributed by atoms with Crippen LogP contribution >= 0.6 is 23.7 Å². The van der Waals surface area contributed by atoms with Crippen LogP contribution in [0.4, 0.5) is 10.8 Å². The SMILES string of the molecule is COc1ccc(-c2nc(-c3cccc(N)c3)[nH]c2C(=O)Nc2nccs2)cc1.Cl. The van der Waals surface area contributed by atoms with Gasteiger partial charge in [-0.25, -0.2) is 9.97 Å². The van der Waals surface area contributed by atoms with Crippen LogP contribution in [0.1, 0.15) is 10.5 Å². The van der Waals surface area contributed by atoms with Crippen molar-refractivity contribution in [2.75, 3.05) is 18.2 Å². The molecule has 0 saturated heterocycles. The van der Waals surface area contributed by atoms with E-state index in [1.54, 1.807) is 30.8 Å². The number of nitrogens with one attached hydrogen (secondary N) is 2. The van der Waals surface area contributed by atoms with Crippen molar-refractivity contribution in [1.82, 2.24) is 15.0 Å². The number of aromatic nitrogens is 3. The number of halogens is 1. The van der Waals surface area contributed by atoms with Gasteiger partial charge < -0.3 is 15.5 Å². The molecule has 0 aliphatic carbocycles. The number of hydrogen-bond acceptors (Lipinski definition) is 6. The highest BCUT2D eigenvalue weighted by molar-refractivity contribution is 7.13. The number of aromatic amines is 1. The van der Waals surface area contributed by atoms with Crippen LogP contribution in [0.5, 0.6) is 5.75 Å². The molecule has 2 heterocycles. The van der Waals surface area contributed by atoms with Crippen LogP contribution < -0.4 is 15.8 Å². The number of anilines is 2. The molecule has 4 N–H and O–H groups in total. The van der Waals surface area contributed by atoms with Gasteiger partial charge >= 0.3 is 0 Å². The molecular formula is C20H18ClN5O2S. The van der Waals surface area contributed by atoms with Gasteiger partial charge in [-0.2, -0.15) is 0 Å². The number of benzene rings is 2. The molecule has 7 nitrogen and oxygen atoms in total. The van der Waals surface area contributed by atoms with Crippen molar-refractivity contribution >= 4 is 40.5 Å². The maximum absolute atomic E-state index is 12.9. The Labute approximate surface area is 177 Å². The van der Waals surface area contributed by atoms with Crippen molar-refractivity contribution in [3.8, 4) is 28.4 Å². The van der Waals surface area contributed by atoms with Crippen LogP contribution in [0.2, 0.25) is 0 Å². The summed E-state index contributed by atoms with van der Waals surface area (Å²) < 4.78 is 5.21. The first-order valence-corrected chi connectivity index (χ1v) is 9.33. The lowest BCUT2D eigenvalue weighted by atomic mass is 10.1. The predicted octanol–water partition coefficient (Wildman–Crippen LogP) is 4.47.